The second-order valence-electron chi connectivity index (χ2n) is 5.57. The van der Waals surface area contributed by atoms with E-state index < -0.39 is 10.0 Å². The molecule has 0 radical (unpaired) electrons. The lowest BCUT2D eigenvalue weighted by Gasteiger charge is -2.03. The van der Waals surface area contributed by atoms with E-state index in [0.29, 0.717) is 18.1 Å². The van der Waals surface area contributed by atoms with Gasteiger partial charge in [0.05, 0.1) is 4.90 Å². The number of oxazole rings is 1. The first-order valence-electron chi connectivity index (χ1n) is 7.82. The number of benzene rings is 2. The normalized spacial score (nSPS) is 11.6. The second-order valence-corrected chi connectivity index (χ2v) is 7.14. The second kappa shape index (κ2) is 7.18. The van der Waals surface area contributed by atoms with E-state index in [9.17, 15) is 8.42 Å². The number of nitrogens with zero attached hydrogens (tertiary/aromatic N) is 1. The summed E-state index contributed by atoms with van der Waals surface area (Å²) in [6.45, 7) is 0.749. The fourth-order valence-corrected chi connectivity index (χ4v) is 3.00. The lowest BCUT2D eigenvalue weighted by atomic mass is 10.1. The number of nitrogens with two attached hydrogens (primary N) is 1. The third-order valence-corrected chi connectivity index (χ3v) is 4.68. The summed E-state index contributed by atoms with van der Waals surface area (Å²) in [5.41, 5.74) is 2.41. The van der Waals surface area contributed by atoms with Crippen LogP contribution in [-0.4, -0.2) is 27.0 Å². The Morgan fingerprint density at radius 3 is 2.32 bits per heavy atom. The first-order valence-corrected chi connectivity index (χ1v) is 9.36. The summed E-state index contributed by atoms with van der Waals surface area (Å²) in [5, 5.41) is 8.22. The Bertz CT molecular complexity index is 949. The lowest BCUT2D eigenvalue weighted by molar-refractivity contribution is 0.501. The zero-order valence-electron chi connectivity index (χ0n) is 13.8. The van der Waals surface area contributed by atoms with Gasteiger partial charge in [0.25, 0.3) is 0 Å². The molecule has 0 aliphatic carbocycles. The Kier molecular flexibility index (Phi) is 4.98. The van der Waals surface area contributed by atoms with Crippen LogP contribution in [0.2, 0.25) is 0 Å². The summed E-state index contributed by atoms with van der Waals surface area (Å²) < 4.78 is 28.8. The average Bonchev–Trinajstić information content (AvgIpc) is 3.04. The molecule has 3 N–H and O–H groups in total. The van der Waals surface area contributed by atoms with Gasteiger partial charge in [-0.1, -0.05) is 30.3 Å². The highest BCUT2D eigenvalue weighted by molar-refractivity contribution is 7.89. The number of primary sulfonamides is 1. The van der Waals surface area contributed by atoms with Crippen molar-refractivity contribution in [2.24, 2.45) is 5.14 Å². The molecular formula is C18H19N3O3S. The van der Waals surface area contributed by atoms with E-state index in [1.807, 2.05) is 37.4 Å². The van der Waals surface area contributed by atoms with Crippen LogP contribution in [0, 0.1) is 0 Å². The molecule has 0 amide bonds. The summed E-state index contributed by atoms with van der Waals surface area (Å²) >= 11 is 0. The fourth-order valence-electron chi connectivity index (χ4n) is 2.49. The Balaban J connectivity index is 2.06. The maximum Gasteiger partial charge on any atom is 0.238 e. The molecule has 0 bridgehead atoms. The highest BCUT2D eigenvalue weighted by Gasteiger charge is 2.17. The highest BCUT2D eigenvalue weighted by Crippen LogP contribution is 2.33. The molecule has 2 aromatic carbocycles. The SMILES string of the molecule is CNCCc1nc(-c2ccccc2)c(-c2ccc(S(N)(=O)=O)cc2)o1. The topological polar surface area (TPSA) is 98.2 Å². The Labute approximate surface area is 146 Å². The van der Waals surface area contributed by atoms with Crippen molar-refractivity contribution in [1.82, 2.24) is 10.3 Å². The average molecular weight is 357 g/mol. The van der Waals surface area contributed by atoms with Crippen LogP contribution in [0.3, 0.4) is 0 Å². The number of nitrogens with one attached hydrogen (secondary N) is 1. The molecular weight excluding hydrogens is 338 g/mol. The van der Waals surface area contributed by atoms with E-state index in [4.69, 9.17) is 9.56 Å². The highest BCUT2D eigenvalue weighted by atomic mass is 32.2. The molecule has 1 heterocycles. The van der Waals surface area contributed by atoms with Crippen molar-refractivity contribution in [2.45, 2.75) is 11.3 Å². The van der Waals surface area contributed by atoms with Crippen LogP contribution in [-0.2, 0) is 16.4 Å². The smallest absolute Gasteiger partial charge is 0.238 e. The third-order valence-electron chi connectivity index (χ3n) is 3.75. The van der Waals surface area contributed by atoms with Crippen LogP contribution >= 0.6 is 0 Å². The van der Waals surface area contributed by atoms with Crippen molar-refractivity contribution >= 4 is 10.0 Å². The molecule has 3 aromatic rings. The number of sulfonamides is 1. The van der Waals surface area contributed by atoms with E-state index in [-0.39, 0.29) is 4.90 Å². The van der Waals surface area contributed by atoms with Gasteiger partial charge in [0, 0.05) is 24.1 Å². The minimum absolute atomic E-state index is 0.0624. The third kappa shape index (κ3) is 3.96. The molecule has 6 nitrogen and oxygen atoms in total. The summed E-state index contributed by atoms with van der Waals surface area (Å²) in [6.07, 6.45) is 0.658. The number of hydrogen-bond acceptors (Lipinski definition) is 5. The van der Waals surface area contributed by atoms with E-state index in [2.05, 4.69) is 10.3 Å². The van der Waals surface area contributed by atoms with E-state index in [1.165, 1.54) is 12.1 Å². The molecule has 0 unspecified atom stereocenters. The zero-order chi connectivity index (χ0) is 17.9. The van der Waals surface area contributed by atoms with Gasteiger partial charge in [-0.25, -0.2) is 18.5 Å². The van der Waals surface area contributed by atoms with Crippen molar-refractivity contribution in [3.05, 3.63) is 60.5 Å². The predicted octanol–water partition coefficient (Wildman–Crippen LogP) is 2.42. The molecule has 0 spiro atoms. The van der Waals surface area contributed by atoms with E-state index in [1.54, 1.807) is 12.1 Å². The summed E-state index contributed by atoms with van der Waals surface area (Å²) in [7, 11) is -1.86. The molecule has 1 aromatic heterocycles. The van der Waals surface area contributed by atoms with Gasteiger partial charge >= 0.3 is 0 Å². The Hall–Kier alpha value is -2.48. The molecule has 25 heavy (non-hydrogen) atoms. The van der Waals surface area contributed by atoms with Crippen LogP contribution < -0.4 is 10.5 Å². The molecule has 7 heteroatoms. The molecule has 0 saturated carbocycles. The van der Waals surface area contributed by atoms with Gasteiger partial charge in [-0.2, -0.15) is 0 Å². The van der Waals surface area contributed by atoms with Gasteiger partial charge in [-0.15, -0.1) is 0 Å². The molecule has 0 saturated heterocycles. The summed E-state index contributed by atoms with van der Waals surface area (Å²) in [4.78, 5) is 4.68. The summed E-state index contributed by atoms with van der Waals surface area (Å²) in [5.74, 6) is 1.23. The molecule has 0 aliphatic heterocycles. The number of hydrogen-bond donors (Lipinski definition) is 2. The first kappa shape index (κ1) is 17.3. The van der Waals surface area contributed by atoms with Crippen molar-refractivity contribution in [3.8, 4) is 22.6 Å². The number of likely N-dealkylation sites (N-methyl/N-ethyl adjacent to an activating group) is 1. The zero-order valence-corrected chi connectivity index (χ0v) is 14.6. The standard InChI is InChI=1S/C18H19N3O3S/c1-20-12-11-16-21-17(13-5-3-2-4-6-13)18(24-16)14-7-9-15(10-8-14)25(19,22)23/h2-10,20H,11-12H2,1H3,(H2,19,22,23). The van der Waals surface area contributed by atoms with Crippen LogP contribution in [0.25, 0.3) is 22.6 Å². The largest absolute Gasteiger partial charge is 0.440 e. The Morgan fingerprint density at radius 1 is 1.04 bits per heavy atom. The van der Waals surface area contributed by atoms with Gasteiger partial charge < -0.3 is 9.73 Å². The number of aromatic nitrogens is 1. The first-order chi connectivity index (χ1) is 12.0. The van der Waals surface area contributed by atoms with Gasteiger partial charge in [0.2, 0.25) is 10.0 Å². The minimum atomic E-state index is -3.73. The van der Waals surface area contributed by atoms with Crippen LogP contribution in [0.5, 0.6) is 0 Å². The van der Waals surface area contributed by atoms with Gasteiger partial charge in [0.1, 0.15) is 5.69 Å². The molecule has 130 valence electrons. The Morgan fingerprint density at radius 2 is 1.72 bits per heavy atom. The van der Waals surface area contributed by atoms with Crippen molar-refractivity contribution in [1.29, 1.82) is 0 Å². The van der Waals surface area contributed by atoms with Crippen LogP contribution in [0.1, 0.15) is 5.89 Å². The van der Waals surface area contributed by atoms with E-state index >= 15 is 0 Å². The maximum atomic E-state index is 11.4. The van der Waals surface area contributed by atoms with Crippen LogP contribution in [0.4, 0.5) is 0 Å². The van der Waals surface area contributed by atoms with Crippen LogP contribution in [0.15, 0.2) is 63.9 Å². The van der Waals surface area contributed by atoms with E-state index in [0.717, 1.165) is 23.4 Å². The van der Waals surface area contributed by atoms with Crippen molar-refractivity contribution < 1.29 is 12.8 Å². The maximum absolute atomic E-state index is 11.4. The summed E-state index contributed by atoms with van der Waals surface area (Å²) in [6, 6.07) is 16.0. The fraction of sp³-hybridized carbons (Fsp3) is 0.167. The van der Waals surface area contributed by atoms with Gasteiger partial charge in [0.15, 0.2) is 11.7 Å². The lowest BCUT2D eigenvalue weighted by Crippen LogP contribution is -2.11. The minimum Gasteiger partial charge on any atom is -0.440 e. The molecule has 0 aliphatic rings. The molecule has 3 rings (SSSR count). The molecule has 0 fully saturated rings. The monoisotopic (exact) mass is 357 g/mol. The van der Waals surface area contributed by atoms with Crippen molar-refractivity contribution in [2.75, 3.05) is 13.6 Å². The van der Waals surface area contributed by atoms with Gasteiger partial charge in [-0.3, -0.25) is 0 Å². The quantitative estimate of drug-likeness (QED) is 0.706. The van der Waals surface area contributed by atoms with Gasteiger partial charge in [-0.05, 0) is 31.3 Å². The number of rotatable bonds is 6. The van der Waals surface area contributed by atoms with Crippen molar-refractivity contribution in [3.63, 3.8) is 0 Å². The predicted molar refractivity (Wildman–Crippen MR) is 96.4 cm³/mol. The molecule has 0 atom stereocenters.